The molecule has 0 saturated carbocycles. The number of aliphatic hydroxyl groups is 1. The summed E-state index contributed by atoms with van der Waals surface area (Å²) in [6.07, 6.45) is 2.88. The standard InChI is InChI=1S/C9H16N4O/c1-13-9(11-6-12-13)4-8(14)7-2-3-10-5-7/h6-8,10,14H,2-5H2,1H3/t7-,8?/m0/s1. The van der Waals surface area contributed by atoms with Crippen molar-refractivity contribution in [3.63, 3.8) is 0 Å². The maximum atomic E-state index is 9.92. The topological polar surface area (TPSA) is 63.0 Å². The number of aliphatic hydroxyl groups excluding tert-OH is 1. The summed E-state index contributed by atoms with van der Waals surface area (Å²) in [6.45, 7) is 1.93. The van der Waals surface area contributed by atoms with Gasteiger partial charge in [0.05, 0.1) is 6.10 Å². The first-order valence-corrected chi connectivity index (χ1v) is 4.99. The Hall–Kier alpha value is -0.940. The molecule has 2 heterocycles. The van der Waals surface area contributed by atoms with Gasteiger partial charge >= 0.3 is 0 Å². The summed E-state index contributed by atoms with van der Waals surface area (Å²) < 4.78 is 1.71. The molecular weight excluding hydrogens is 180 g/mol. The molecule has 0 aromatic carbocycles. The quantitative estimate of drug-likeness (QED) is 0.673. The van der Waals surface area contributed by atoms with Crippen molar-refractivity contribution in [2.24, 2.45) is 13.0 Å². The highest BCUT2D eigenvalue weighted by atomic mass is 16.3. The van der Waals surface area contributed by atoms with Gasteiger partial charge < -0.3 is 10.4 Å². The van der Waals surface area contributed by atoms with Crippen molar-refractivity contribution in [2.75, 3.05) is 13.1 Å². The van der Waals surface area contributed by atoms with Gasteiger partial charge in [0.1, 0.15) is 12.2 Å². The Morgan fingerprint density at radius 2 is 2.64 bits per heavy atom. The molecule has 0 bridgehead atoms. The van der Waals surface area contributed by atoms with Crippen molar-refractivity contribution in [2.45, 2.75) is 18.9 Å². The van der Waals surface area contributed by atoms with Crippen LogP contribution >= 0.6 is 0 Å². The smallest absolute Gasteiger partial charge is 0.138 e. The third kappa shape index (κ3) is 1.93. The third-order valence-corrected chi connectivity index (χ3v) is 2.84. The summed E-state index contributed by atoms with van der Waals surface area (Å²) >= 11 is 0. The van der Waals surface area contributed by atoms with Crippen LogP contribution in [0, 0.1) is 5.92 Å². The zero-order valence-corrected chi connectivity index (χ0v) is 8.35. The molecule has 1 fully saturated rings. The van der Waals surface area contributed by atoms with Gasteiger partial charge in [0.25, 0.3) is 0 Å². The molecule has 1 unspecified atom stereocenters. The van der Waals surface area contributed by atoms with Crippen LogP contribution in [-0.2, 0) is 13.5 Å². The summed E-state index contributed by atoms with van der Waals surface area (Å²) in [7, 11) is 1.85. The van der Waals surface area contributed by atoms with Crippen molar-refractivity contribution in [3.05, 3.63) is 12.2 Å². The van der Waals surface area contributed by atoms with E-state index in [-0.39, 0.29) is 6.10 Å². The Bertz CT molecular complexity index is 293. The monoisotopic (exact) mass is 196 g/mol. The maximum Gasteiger partial charge on any atom is 0.138 e. The lowest BCUT2D eigenvalue weighted by atomic mass is 9.99. The van der Waals surface area contributed by atoms with Crippen LogP contribution in [-0.4, -0.2) is 39.1 Å². The fourth-order valence-corrected chi connectivity index (χ4v) is 1.86. The minimum atomic E-state index is -0.298. The van der Waals surface area contributed by atoms with E-state index in [4.69, 9.17) is 0 Å². The number of hydrogen-bond donors (Lipinski definition) is 2. The Labute approximate surface area is 83.2 Å². The lowest BCUT2D eigenvalue weighted by Crippen LogP contribution is -2.26. The van der Waals surface area contributed by atoms with Gasteiger partial charge in [-0.2, -0.15) is 5.10 Å². The molecule has 1 aliphatic heterocycles. The van der Waals surface area contributed by atoms with Crippen LogP contribution in [0.3, 0.4) is 0 Å². The number of nitrogens with one attached hydrogen (secondary N) is 1. The van der Waals surface area contributed by atoms with Gasteiger partial charge in [0.2, 0.25) is 0 Å². The van der Waals surface area contributed by atoms with E-state index in [2.05, 4.69) is 15.4 Å². The van der Waals surface area contributed by atoms with Crippen LogP contribution in [0.5, 0.6) is 0 Å². The normalized spacial score (nSPS) is 24.0. The van der Waals surface area contributed by atoms with Crippen molar-refractivity contribution < 1.29 is 5.11 Å². The van der Waals surface area contributed by atoms with Crippen molar-refractivity contribution >= 4 is 0 Å². The average molecular weight is 196 g/mol. The zero-order chi connectivity index (χ0) is 9.97. The van der Waals surface area contributed by atoms with Crippen LogP contribution in [0.2, 0.25) is 0 Å². The molecule has 5 nitrogen and oxygen atoms in total. The minimum absolute atomic E-state index is 0.298. The molecule has 78 valence electrons. The first kappa shape index (κ1) is 9.61. The molecule has 0 radical (unpaired) electrons. The average Bonchev–Trinajstić information content (AvgIpc) is 2.77. The highest BCUT2D eigenvalue weighted by molar-refractivity contribution is 4.90. The highest BCUT2D eigenvalue weighted by Crippen LogP contribution is 2.15. The second kappa shape index (κ2) is 4.06. The largest absolute Gasteiger partial charge is 0.392 e. The Morgan fingerprint density at radius 1 is 1.79 bits per heavy atom. The van der Waals surface area contributed by atoms with E-state index in [1.165, 1.54) is 6.33 Å². The molecule has 2 atom stereocenters. The summed E-state index contributed by atoms with van der Waals surface area (Å²) in [6, 6.07) is 0. The summed E-state index contributed by atoms with van der Waals surface area (Å²) in [4.78, 5) is 4.10. The molecule has 14 heavy (non-hydrogen) atoms. The SMILES string of the molecule is Cn1ncnc1CC(O)[C@H]1CCNC1. The summed E-state index contributed by atoms with van der Waals surface area (Å²) in [5.74, 6) is 1.22. The molecule has 1 aromatic rings. The Kier molecular flexibility index (Phi) is 2.79. The third-order valence-electron chi connectivity index (χ3n) is 2.84. The van der Waals surface area contributed by atoms with Crippen LogP contribution in [0.1, 0.15) is 12.2 Å². The van der Waals surface area contributed by atoms with Gasteiger partial charge in [0.15, 0.2) is 0 Å². The number of aromatic nitrogens is 3. The van der Waals surface area contributed by atoms with Crippen LogP contribution in [0.25, 0.3) is 0 Å². The van der Waals surface area contributed by atoms with Crippen LogP contribution in [0.15, 0.2) is 6.33 Å². The molecule has 2 rings (SSSR count). The maximum absolute atomic E-state index is 9.92. The zero-order valence-electron chi connectivity index (χ0n) is 8.35. The predicted molar refractivity (Wildman–Crippen MR) is 51.7 cm³/mol. The minimum Gasteiger partial charge on any atom is -0.392 e. The molecule has 1 aliphatic rings. The van der Waals surface area contributed by atoms with Crippen molar-refractivity contribution in [1.29, 1.82) is 0 Å². The van der Waals surface area contributed by atoms with Gasteiger partial charge in [-0.3, -0.25) is 4.68 Å². The molecule has 5 heteroatoms. The fraction of sp³-hybridized carbons (Fsp3) is 0.778. The first-order chi connectivity index (χ1) is 6.77. The van der Waals surface area contributed by atoms with E-state index in [0.717, 1.165) is 25.3 Å². The van der Waals surface area contributed by atoms with Crippen LogP contribution < -0.4 is 5.32 Å². The van der Waals surface area contributed by atoms with E-state index in [9.17, 15) is 5.11 Å². The molecule has 1 aromatic heterocycles. The van der Waals surface area contributed by atoms with Gasteiger partial charge in [-0.15, -0.1) is 0 Å². The predicted octanol–water partition coefficient (Wildman–Crippen LogP) is -0.672. The van der Waals surface area contributed by atoms with Gasteiger partial charge in [-0.1, -0.05) is 0 Å². The lowest BCUT2D eigenvalue weighted by molar-refractivity contribution is 0.114. The molecule has 1 saturated heterocycles. The van der Waals surface area contributed by atoms with Gasteiger partial charge in [-0.25, -0.2) is 4.98 Å². The Morgan fingerprint density at radius 3 is 3.21 bits per heavy atom. The second-order valence-electron chi connectivity index (χ2n) is 3.82. The highest BCUT2D eigenvalue weighted by Gasteiger charge is 2.24. The molecule has 0 spiro atoms. The van der Waals surface area contributed by atoms with E-state index in [1.54, 1.807) is 4.68 Å². The summed E-state index contributed by atoms with van der Waals surface area (Å²) in [5, 5.41) is 17.1. The lowest BCUT2D eigenvalue weighted by Gasteiger charge is -2.15. The number of aryl methyl sites for hydroxylation is 1. The Balaban J connectivity index is 1.93. The van der Waals surface area contributed by atoms with E-state index >= 15 is 0 Å². The van der Waals surface area contributed by atoms with E-state index < -0.39 is 0 Å². The van der Waals surface area contributed by atoms with E-state index in [0.29, 0.717) is 12.3 Å². The van der Waals surface area contributed by atoms with Crippen molar-refractivity contribution in [1.82, 2.24) is 20.1 Å². The molecular formula is C9H16N4O. The molecule has 0 amide bonds. The number of nitrogens with zero attached hydrogens (tertiary/aromatic N) is 3. The first-order valence-electron chi connectivity index (χ1n) is 4.99. The second-order valence-corrected chi connectivity index (χ2v) is 3.82. The van der Waals surface area contributed by atoms with Gasteiger partial charge in [0, 0.05) is 20.0 Å². The van der Waals surface area contributed by atoms with Crippen molar-refractivity contribution in [3.8, 4) is 0 Å². The number of hydrogen-bond acceptors (Lipinski definition) is 4. The van der Waals surface area contributed by atoms with E-state index in [1.807, 2.05) is 7.05 Å². The van der Waals surface area contributed by atoms with Crippen LogP contribution in [0.4, 0.5) is 0 Å². The van der Waals surface area contributed by atoms with Gasteiger partial charge in [-0.05, 0) is 18.9 Å². The molecule has 0 aliphatic carbocycles. The molecule has 2 N–H and O–H groups in total. The fourth-order valence-electron chi connectivity index (χ4n) is 1.86. The summed E-state index contributed by atoms with van der Waals surface area (Å²) in [5.41, 5.74) is 0. The number of rotatable bonds is 3.